The number of benzene rings is 4. The van der Waals surface area contributed by atoms with Crippen molar-refractivity contribution in [2.45, 2.75) is 85.7 Å². The molecule has 4 atom stereocenters. The Kier molecular flexibility index (Phi) is 30.6. The fourth-order valence-electron chi connectivity index (χ4n) is 9.02. The van der Waals surface area contributed by atoms with Crippen LogP contribution in [-0.4, -0.2) is 113 Å². The molecule has 23 nitrogen and oxygen atoms in total. The van der Waals surface area contributed by atoms with Crippen LogP contribution < -0.4 is 11.5 Å². The van der Waals surface area contributed by atoms with Crippen LogP contribution in [0.15, 0.2) is 181 Å². The number of carboxylic acids is 1. The van der Waals surface area contributed by atoms with E-state index in [2.05, 4.69) is 124 Å². The number of hydrogen-bond acceptors (Lipinski definition) is 18. The standard InChI is InChI=1S/2C15H10BrF4N5O.2C14H11BrF4N2O.C3H9N3Si.C2H4O2/c2*16-9-1-4-13(21-6-9)15(19,20)14(26,7-25-8-22-23-24-25)11-3-2-10(17)5-12(11)18;2*15-8-1-4-12(21-6-8)14(18,19)13(22,7-20)10-3-2-9(16)5-11(10)17;1-7(2,3)6-5-4;1-2(3)4/h2*1-6,8,26H,7H2;2*1-6,22H,7,20H2;1-3H3;1H3,(H,3,4)/t2*14-;2*13-;;/m1010../s1. The maximum absolute atomic E-state index is 15.2. The summed E-state index contributed by atoms with van der Waals surface area (Å²) in [5, 5.41) is 69.9. The number of aliphatic hydroxyl groups is 4. The molecule has 0 bridgehead atoms. The summed E-state index contributed by atoms with van der Waals surface area (Å²) >= 11 is 12.2. The van der Waals surface area contributed by atoms with Crippen LogP contribution in [0.25, 0.3) is 10.4 Å². The first kappa shape index (κ1) is 88.8. The van der Waals surface area contributed by atoms with Crippen molar-refractivity contribution < 1.29 is 101 Å². The Morgan fingerprint density at radius 2 is 0.692 bits per heavy atom. The molecule has 4 aromatic carbocycles. The molecule has 44 heteroatoms. The van der Waals surface area contributed by atoms with Gasteiger partial charge in [0.05, 0.1) is 13.1 Å². The number of nitrogens with zero attached hydrogens (tertiary/aromatic N) is 15. The molecule has 107 heavy (non-hydrogen) atoms. The van der Waals surface area contributed by atoms with E-state index in [0.29, 0.717) is 42.2 Å². The van der Waals surface area contributed by atoms with Gasteiger partial charge in [-0.1, -0.05) is 31.8 Å². The van der Waals surface area contributed by atoms with Gasteiger partial charge >= 0.3 is 23.7 Å². The summed E-state index contributed by atoms with van der Waals surface area (Å²) in [4.78, 5) is 26.0. The van der Waals surface area contributed by atoms with E-state index in [9.17, 15) is 73.1 Å². The number of pyridine rings is 4. The van der Waals surface area contributed by atoms with Crippen LogP contribution in [0.5, 0.6) is 0 Å². The predicted molar refractivity (Wildman–Crippen MR) is 364 cm³/mol. The number of azide groups is 1. The van der Waals surface area contributed by atoms with Crippen molar-refractivity contribution in [3.8, 4) is 0 Å². The topological polar surface area (TPSA) is 358 Å². The van der Waals surface area contributed by atoms with Crippen molar-refractivity contribution in [1.82, 2.24) is 60.4 Å². The van der Waals surface area contributed by atoms with Gasteiger partial charge in [0.1, 0.15) is 90.2 Å². The van der Waals surface area contributed by atoms with Gasteiger partial charge in [0.15, 0.2) is 22.4 Å². The Bertz CT molecular complexity index is 4370. The fourth-order valence-corrected chi connectivity index (χ4v) is 10.2. The molecule has 0 unspecified atom stereocenters. The lowest BCUT2D eigenvalue weighted by Crippen LogP contribution is -2.50. The van der Waals surface area contributed by atoms with Gasteiger partial charge < -0.3 is 37.0 Å². The lowest BCUT2D eigenvalue weighted by atomic mass is 9.84. The van der Waals surface area contributed by atoms with E-state index in [-0.39, 0.29) is 0 Å². The van der Waals surface area contributed by atoms with Gasteiger partial charge in [-0.2, -0.15) is 35.1 Å². The summed E-state index contributed by atoms with van der Waals surface area (Å²) in [6, 6.07) is 16.8. The second-order valence-corrected chi connectivity index (χ2v) is 31.2. The zero-order valence-electron chi connectivity index (χ0n) is 54.9. The third-order valence-electron chi connectivity index (χ3n) is 14.3. The molecule has 0 saturated heterocycles. The van der Waals surface area contributed by atoms with E-state index < -0.39 is 178 Å². The van der Waals surface area contributed by atoms with Gasteiger partial charge in [-0.3, -0.25) is 24.7 Å². The molecule has 0 aliphatic carbocycles. The Morgan fingerprint density at radius 1 is 0.458 bits per heavy atom. The summed E-state index contributed by atoms with van der Waals surface area (Å²) in [5.74, 6) is -26.1. The highest BCUT2D eigenvalue weighted by atomic mass is 79.9. The smallest absolute Gasteiger partial charge is 0.323 e. The molecule has 0 amide bonds. The highest BCUT2D eigenvalue weighted by Gasteiger charge is 2.61. The van der Waals surface area contributed by atoms with E-state index in [1.54, 1.807) is 0 Å². The molecule has 9 N–H and O–H groups in total. The normalized spacial score (nSPS) is 13.9. The monoisotopic (exact) mass is 1790 g/mol. The maximum Gasteiger partial charge on any atom is 0.323 e. The zero-order chi connectivity index (χ0) is 80.5. The van der Waals surface area contributed by atoms with Gasteiger partial charge in [-0.25, -0.2) is 44.5 Å². The molecular formula is C63H55Br4F16N17O6Si. The van der Waals surface area contributed by atoms with Crippen molar-refractivity contribution >= 4 is 77.9 Å². The minimum absolute atomic E-state index is 0.404. The van der Waals surface area contributed by atoms with Crippen molar-refractivity contribution in [3.63, 3.8) is 0 Å². The molecule has 0 aliphatic heterocycles. The SMILES string of the molecule is CC(=O)O.C[Si](C)(C)N=[N+]=[N-].NC[C@@](O)(c1ccc(F)cc1F)C(F)(F)c1ccc(Br)cn1.NC[C@](O)(c1ccc(F)cc1F)C(F)(F)c1ccc(Br)cn1.O[C@@](Cn1cnnn1)(c1ccc(F)cc1F)C(F)(F)c1ccc(Br)cn1.O[C@](Cn1cnnn1)(c1ccc(F)cc1F)C(F)(F)c1ccc(Br)cn1. The lowest BCUT2D eigenvalue weighted by molar-refractivity contribution is -0.207. The molecule has 0 aliphatic rings. The fraction of sp³-hybridized carbons (Fsp3) is 0.254. The van der Waals surface area contributed by atoms with Crippen molar-refractivity contribution in [1.29, 1.82) is 0 Å². The number of hydrogen-bond donors (Lipinski definition) is 7. The number of carbonyl (C=O) groups is 1. The maximum atomic E-state index is 15.2. The van der Waals surface area contributed by atoms with E-state index in [0.717, 1.165) is 127 Å². The Hall–Kier alpha value is -8.82. The van der Waals surface area contributed by atoms with Crippen molar-refractivity contribution in [2.24, 2.45) is 16.2 Å². The Morgan fingerprint density at radius 3 is 0.860 bits per heavy atom. The van der Waals surface area contributed by atoms with Crippen LogP contribution in [0, 0.1) is 46.5 Å². The number of rotatable bonds is 19. The first-order chi connectivity index (χ1) is 49.7. The molecule has 572 valence electrons. The van der Waals surface area contributed by atoms with Gasteiger partial charge in [0, 0.05) is 109 Å². The lowest BCUT2D eigenvalue weighted by Gasteiger charge is -2.35. The van der Waals surface area contributed by atoms with Gasteiger partial charge in [-0.15, -0.1) is 15.0 Å². The van der Waals surface area contributed by atoms with Gasteiger partial charge in [0.25, 0.3) is 5.97 Å². The van der Waals surface area contributed by atoms with Crippen LogP contribution in [0.4, 0.5) is 70.2 Å². The minimum Gasteiger partial charge on any atom is -0.481 e. The molecule has 6 heterocycles. The predicted octanol–water partition coefficient (Wildman–Crippen LogP) is 13.9. The Balaban J connectivity index is 0.000000245. The highest BCUT2D eigenvalue weighted by Crippen LogP contribution is 2.50. The summed E-state index contributed by atoms with van der Waals surface area (Å²) in [7, 11) is -1.45. The summed E-state index contributed by atoms with van der Waals surface area (Å²) in [6.45, 7) is 3.30. The molecule has 0 saturated carbocycles. The number of nitrogens with two attached hydrogens (primary N) is 2. The van der Waals surface area contributed by atoms with Gasteiger partial charge in [0.2, 0.25) is 0 Å². The number of halogens is 20. The molecule has 0 radical (unpaired) electrons. The van der Waals surface area contributed by atoms with Crippen molar-refractivity contribution in [3.05, 3.63) is 279 Å². The summed E-state index contributed by atoms with van der Waals surface area (Å²) < 4.78 is 235. The summed E-state index contributed by atoms with van der Waals surface area (Å²) in [6.07, 6.45) is 6.42. The number of carboxylic acid groups (broad SMARTS) is 1. The molecule has 10 rings (SSSR count). The first-order valence-corrected chi connectivity index (χ1v) is 36.1. The average molecular weight is 1800 g/mol. The quantitative estimate of drug-likeness (QED) is 0.0130. The molecule has 10 aromatic rings. The van der Waals surface area contributed by atoms with E-state index in [1.807, 2.05) is 19.6 Å². The van der Waals surface area contributed by atoms with Crippen LogP contribution >= 0.6 is 63.7 Å². The number of aromatic nitrogens is 12. The molecule has 0 spiro atoms. The number of aliphatic carboxylic acids is 1. The number of tetrazole rings is 2. The summed E-state index contributed by atoms with van der Waals surface area (Å²) in [5.41, 5.74) is -0.377. The largest absolute Gasteiger partial charge is 0.481 e. The average Bonchev–Trinajstić information content (AvgIpc) is 1.29. The second-order valence-electron chi connectivity index (χ2n) is 23.0. The van der Waals surface area contributed by atoms with Crippen LogP contribution in [0.2, 0.25) is 19.6 Å². The third-order valence-corrected chi connectivity index (χ3v) is 16.8. The first-order valence-electron chi connectivity index (χ1n) is 29.5. The van der Waals surface area contributed by atoms with E-state index >= 15 is 17.6 Å². The second kappa shape index (κ2) is 36.9. The molecular weight excluding hydrogens is 1740 g/mol. The van der Waals surface area contributed by atoms with Crippen LogP contribution in [0.3, 0.4) is 0 Å². The Labute approximate surface area is 629 Å². The molecule has 6 aromatic heterocycles. The third kappa shape index (κ3) is 21.8. The zero-order valence-corrected chi connectivity index (χ0v) is 62.3. The van der Waals surface area contributed by atoms with Crippen LogP contribution in [0.1, 0.15) is 52.0 Å². The van der Waals surface area contributed by atoms with E-state index in [1.165, 1.54) is 24.3 Å². The number of alkyl halides is 8. The van der Waals surface area contributed by atoms with Crippen molar-refractivity contribution in [2.75, 3.05) is 13.1 Å². The van der Waals surface area contributed by atoms with E-state index in [4.69, 9.17) is 26.9 Å². The van der Waals surface area contributed by atoms with Gasteiger partial charge in [-0.05, 0) is 180 Å². The minimum atomic E-state index is -4.06. The van der Waals surface area contributed by atoms with Crippen LogP contribution in [-0.2, 0) is 64.0 Å². The molecule has 0 fully saturated rings. The highest BCUT2D eigenvalue weighted by molar-refractivity contribution is 9.11.